The van der Waals surface area contributed by atoms with Gasteiger partial charge in [-0.3, -0.25) is 13.9 Å². The molecule has 0 saturated carbocycles. The maximum absolute atomic E-state index is 14.1. The molecule has 0 radical (unpaired) electrons. The lowest BCUT2D eigenvalue weighted by molar-refractivity contribution is -0.140. The average molecular weight is 570 g/mol. The lowest BCUT2D eigenvalue weighted by Crippen LogP contribution is -2.54. The molecular weight excluding hydrogens is 534 g/mol. The standard InChI is InChI=1S/C30H36ClN3O4S/c1-21(2)32-30(36)28(18-24-10-7-6-8-11-24)33(19-25-12-9-13-26(31)17-25)29(35)20-34(39(5,37)38)27-15-14-22(3)16-23(27)4/h6-17,21,28H,18-20H2,1-5H3,(H,32,36)/t28-/m1/s1. The summed E-state index contributed by atoms with van der Waals surface area (Å²) in [6.07, 6.45) is 1.34. The highest BCUT2D eigenvalue weighted by molar-refractivity contribution is 7.92. The van der Waals surface area contributed by atoms with E-state index in [1.807, 2.05) is 76.2 Å². The minimum Gasteiger partial charge on any atom is -0.352 e. The number of hydrogen-bond donors (Lipinski definition) is 1. The van der Waals surface area contributed by atoms with Crippen molar-refractivity contribution >= 4 is 39.1 Å². The van der Waals surface area contributed by atoms with E-state index in [0.29, 0.717) is 10.7 Å². The number of carbonyl (C=O) groups is 2. The van der Waals surface area contributed by atoms with E-state index in [9.17, 15) is 18.0 Å². The molecule has 0 heterocycles. The molecule has 39 heavy (non-hydrogen) atoms. The molecule has 3 aromatic carbocycles. The fourth-order valence-corrected chi connectivity index (χ4v) is 5.57. The van der Waals surface area contributed by atoms with Gasteiger partial charge in [0.2, 0.25) is 21.8 Å². The molecular formula is C30H36ClN3O4S. The van der Waals surface area contributed by atoms with E-state index in [1.165, 1.54) is 4.90 Å². The van der Waals surface area contributed by atoms with Gasteiger partial charge >= 0.3 is 0 Å². The summed E-state index contributed by atoms with van der Waals surface area (Å²) in [4.78, 5) is 29.1. The van der Waals surface area contributed by atoms with Crippen molar-refractivity contribution in [3.63, 3.8) is 0 Å². The maximum atomic E-state index is 14.1. The van der Waals surface area contributed by atoms with E-state index in [0.717, 1.165) is 32.8 Å². The van der Waals surface area contributed by atoms with Gasteiger partial charge in [-0.15, -0.1) is 0 Å². The van der Waals surface area contributed by atoms with Gasteiger partial charge in [-0.2, -0.15) is 0 Å². The van der Waals surface area contributed by atoms with Crippen molar-refractivity contribution in [1.82, 2.24) is 10.2 Å². The Morgan fingerprint density at radius 3 is 2.18 bits per heavy atom. The Morgan fingerprint density at radius 2 is 1.59 bits per heavy atom. The highest BCUT2D eigenvalue weighted by Gasteiger charge is 2.33. The molecule has 0 unspecified atom stereocenters. The zero-order chi connectivity index (χ0) is 28.7. The molecule has 0 aromatic heterocycles. The first-order chi connectivity index (χ1) is 18.3. The van der Waals surface area contributed by atoms with Crippen molar-refractivity contribution in [1.29, 1.82) is 0 Å². The number of halogens is 1. The Hall–Kier alpha value is -3.36. The summed E-state index contributed by atoms with van der Waals surface area (Å²) in [6.45, 7) is 7.05. The van der Waals surface area contributed by atoms with Crippen LogP contribution in [0.2, 0.25) is 5.02 Å². The average Bonchev–Trinajstić information content (AvgIpc) is 2.84. The number of hydrogen-bond acceptors (Lipinski definition) is 4. The summed E-state index contributed by atoms with van der Waals surface area (Å²) < 4.78 is 27.0. The summed E-state index contributed by atoms with van der Waals surface area (Å²) in [5.74, 6) is -0.818. The number of sulfonamides is 1. The molecule has 0 spiro atoms. The summed E-state index contributed by atoms with van der Waals surface area (Å²) in [7, 11) is -3.82. The maximum Gasteiger partial charge on any atom is 0.244 e. The van der Waals surface area contributed by atoms with Crippen LogP contribution in [0.25, 0.3) is 0 Å². The van der Waals surface area contributed by atoms with Crippen LogP contribution < -0.4 is 9.62 Å². The van der Waals surface area contributed by atoms with Gasteiger partial charge in [0.1, 0.15) is 12.6 Å². The van der Waals surface area contributed by atoms with Gasteiger partial charge in [-0.25, -0.2) is 8.42 Å². The van der Waals surface area contributed by atoms with Crippen LogP contribution in [0, 0.1) is 13.8 Å². The molecule has 0 bridgehead atoms. The lowest BCUT2D eigenvalue weighted by Gasteiger charge is -2.34. The topological polar surface area (TPSA) is 86.8 Å². The fraction of sp³-hybridized carbons (Fsp3) is 0.333. The van der Waals surface area contributed by atoms with Crippen molar-refractivity contribution in [2.24, 2.45) is 0 Å². The molecule has 3 rings (SSSR count). The van der Waals surface area contributed by atoms with E-state index in [-0.39, 0.29) is 24.9 Å². The molecule has 7 nitrogen and oxygen atoms in total. The quantitative estimate of drug-likeness (QED) is 0.356. The summed E-state index contributed by atoms with van der Waals surface area (Å²) in [5.41, 5.74) is 3.73. The van der Waals surface area contributed by atoms with Crippen molar-refractivity contribution in [2.75, 3.05) is 17.1 Å². The third-order valence-electron chi connectivity index (χ3n) is 6.24. The van der Waals surface area contributed by atoms with Gasteiger partial charge in [0.25, 0.3) is 0 Å². The lowest BCUT2D eigenvalue weighted by atomic mass is 10.0. The SMILES string of the molecule is Cc1ccc(N(CC(=O)N(Cc2cccc(Cl)c2)[C@H](Cc2ccccc2)C(=O)NC(C)C)S(C)(=O)=O)c(C)c1. The zero-order valence-electron chi connectivity index (χ0n) is 23.0. The minimum absolute atomic E-state index is 0.0763. The molecule has 208 valence electrons. The Balaban J connectivity index is 2.07. The second-order valence-corrected chi connectivity index (χ2v) is 12.4. The molecule has 0 aliphatic carbocycles. The molecule has 0 saturated heterocycles. The zero-order valence-corrected chi connectivity index (χ0v) is 24.6. The van der Waals surface area contributed by atoms with Crippen LogP contribution in [0.1, 0.15) is 36.1 Å². The number of carbonyl (C=O) groups excluding carboxylic acids is 2. The predicted octanol–water partition coefficient (Wildman–Crippen LogP) is 4.89. The van der Waals surface area contributed by atoms with E-state index < -0.39 is 28.5 Å². The molecule has 1 atom stereocenters. The minimum atomic E-state index is -3.82. The third-order valence-corrected chi connectivity index (χ3v) is 7.61. The van der Waals surface area contributed by atoms with Crippen LogP contribution in [0.5, 0.6) is 0 Å². The van der Waals surface area contributed by atoms with Crippen LogP contribution in [0.15, 0.2) is 72.8 Å². The second kappa shape index (κ2) is 13.1. The highest BCUT2D eigenvalue weighted by Crippen LogP contribution is 2.25. The van der Waals surface area contributed by atoms with Crippen molar-refractivity contribution in [3.05, 3.63) is 100 Å². The molecule has 1 N–H and O–H groups in total. The fourth-order valence-electron chi connectivity index (χ4n) is 4.45. The van der Waals surface area contributed by atoms with Crippen LogP contribution in [0.3, 0.4) is 0 Å². The molecule has 2 amide bonds. The summed E-state index contributed by atoms with van der Waals surface area (Å²) in [6, 6.07) is 20.8. The largest absolute Gasteiger partial charge is 0.352 e. The Morgan fingerprint density at radius 1 is 0.923 bits per heavy atom. The van der Waals surface area contributed by atoms with Crippen molar-refractivity contribution < 1.29 is 18.0 Å². The van der Waals surface area contributed by atoms with E-state index in [1.54, 1.807) is 24.3 Å². The predicted molar refractivity (Wildman–Crippen MR) is 157 cm³/mol. The molecule has 0 aliphatic rings. The molecule has 9 heteroatoms. The van der Waals surface area contributed by atoms with Crippen molar-refractivity contribution in [2.45, 2.75) is 52.7 Å². The first-order valence-electron chi connectivity index (χ1n) is 12.8. The Labute approximate surface area is 236 Å². The number of nitrogens with one attached hydrogen (secondary N) is 1. The van der Waals surface area contributed by atoms with Crippen LogP contribution in [-0.4, -0.2) is 50.0 Å². The molecule has 3 aromatic rings. The van der Waals surface area contributed by atoms with Gasteiger partial charge in [0, 0.05) is 24.0 Å². The Kier molecular flexibility index (Phi) is 10.2. The number of rotatable bonds is 11. The van der Waals surface area contributed by atoms with E-state index in [2.05, 4.69) is 5.32 Å². The summed E-state index contributed by atoms with van der Waals surface area (Å²) >= 11 is 6.23. The first-order valence-corrected chi connectivity index (χ1v) is 15.0. The third kappa shape index (κ3) is 8.57. The monoisotopic (exact) mass is 569 g/mol. The van der Waals surface area contributed by atoms with E-state index in [4.69, 9.17) is 11.6 Å². The van der Waals surface area contributed by atoms with Gasteiger partial charge in [-0.1, -0.05) is 71.8 Å². The first kappa shape index (κ1) is 30.2. The molecule has 0 fully saturated rings. The highest BCUT2D eigenvalue weighted by atomic mass is 35.5. The number of nitrogens with zero attached hydrogens (tertiary/aromatic N) is 2. The normalized spacial score (nSPS) is 12.2. The Bertz CT molecular complexity index is 1410. The number of anilines is 1. The van der Waals surface area contributed by atoms with Crippen LogP contribution in [0.4, 0.5) is 5.69 Å². The van der Waals surface area contributed by atoms with Gasteiger partial charge in [-0.05, 0) is 62.6 Å². The second-order valence-electron chi connectivity index (χ2n) is 10.1. The van der Waals surface area contributed by atoms with Crippen LogP contribution in [-0.2, 0) is 32.6 Å². The van der Waals surface area contributed by atoms with Crippen LogP contribution >= 0.6 is 11.6 Å². The summed E-state index contributed by atoms with van der Waals surface area (Å²) in [5, 5.41) is 3.43. The van der Waals surface area contributed by atoms with E-state index >= 15 is 0 Å². The number of amides is 2. The van der Waals surface area contributed by atoms with Crippen molar-refractivity contribution in [3.8, 4) is 0 Å². The van der Waals surface area contributed by atoms with Gasteiger partial charge in [0.05, 0.1) is 11.9 Å². The smallest absolute Gasteiger partial charge is 0.244 e. The number of benzene rings is 3. The number of aryl methyl sites for hydroxylation is 2. The molecule has 0 aliphatic heterocycles. The van der Waals surface area contributed by atoms with Gasteiger partial charge in [0.15, 0.2) is 0 Å². The van der Waals surface area contributed by atoms with Gasteiger partial charge < -0.3 is 10.2 Å².